The van der Waals surface area contributed by atoms with E-state index in [1.165, 1.54) is 20.9 Å². The summed E-state index contributed by atoms with van der Waals surface area (Å²) in [6.07, 6.45) is 10.3. The van der Waals surface area contributed by atoms with Gasteiger partial charge in [-0.15, -0.1) is 0 Å². The molecule has 0 N–H and O–H groups in total. The van der Waals surface area contributed by atoms with Crippen LogP contribution in [0.2, 0.25) is 0 Å². The van der Waals surface area contributed by atoms with Gasteiger partial charge in [0, 0.05) is 24.3 Å². The van der Waals surface area contributed by atoms with Crippen LogP contribution in [0.3, 0.4) is 0 Å². The number of carbonyl (C=O) groups is 4. The van der Waals surface area contributed by atoms with Gasteiger partial charge in [0.15, 0.2) is 24.8 Å². The predicted molar refractivity (Wildman–Crippen MR) is 139 cm³/mol. The molecule has 39 heavy (non-hydrogen) atoms. The summed E-state index contributed by atoms with van der Waals surface area (Å²) in [5.41, 5.74) is 4.16. The van der Waals surface area contributed by atoms with Crippen molar-refractivity contribution < 1.29 is 28.3 Å². The van der Waals surface area contributed by atoms with Crippen molar-refractivity contribution in [3.63, 3.8) is 0 Å². The second-order valence-corrected chi connectivity index (χ2v) is 9.75. The van der Waals surface area contributed by atoms with Crippen LogP contribution >= 0.6 is 0 Å². The summed E-state index contributed by atoms with van der Waals surface area (Å²) in [6.45, 7) is 0.356. The molecule has 4 aromatic rings. The fourth-order valence-corrected chi connectivity index (χ4v) is 5.06. The van der Waals surface area contributed by atoms with Crippen molar-refractivity contribution in [3.8, 4) is 0 Å². The lowest BCUT2D eigenvalue weighted by atomic mass is 10.1. The SMILES string of the molecule is O=C1c2ccccc2C(=O)N1C[n+]1ccc(CCCc2cc[n+](CN3C(=O)c4ccccc4C3=O)cc2)cc1. The predicted octanol–water partition coefficient (Wildman–Crippen LogP) is 2.94. The van der Waals surface area contributed by atoms with Crippen LogP contribution in [0.1, 0.15) is 59.0 Å². The van der Waals surface area contributed by atoms with Gasteiger partial charge in [-0.1, -0.05) is 24.3 Å². The first-order valence-corrected chi connectivity index (χ1v) is 12.9. The molecule has 0 radical (unpaired) electrons. The van der Waals surface area contributed by atoms with E-state index < -0.39 is 0 Å². The summed E-state index contributed by atoms with van der Waals surface area (Å²) in [6, 6.07) is 21.8. The maximum Gasteiger partial charge on any atom is 0.266 e. The van der Waals surface area contributed by atoms with Gasteiger partial charge < -0.3 is 0 Å². The monoisotopic (exact) mass is 518 g/mol. The van der Waals surface area contributed by atoms with Crippen LogP contribution in [-0.2, 0) is 26.2 Å². The Morgan fingerprint density at radius 3 is 1.08 bits per heavy atom. The molecule has 6 rings (SSSR count). The van der Waals surface area contributed by atoms with E-state index in [0.717, 1.165) is 19.3 Å². The fourth-order valence-electron chi connectivity index (χ4n) is 5.06. The van der Waals surface area contributed by atoms with Crippen LogP contribution in [0, 0.1) is 0 Å². The zero-order valence-electron chi connectivity index (χ0n) is 21.2. The molecule has 4 heterocycles. The van der Waals surface area contributed by atoms with Gasteiger partial charge in [0.2, 0.25) is 13.3 Å². The number of hydrogen-bond acceptors (Lipinski definition) is 4. The van der Waals surface area contributed by atoms with E-state index in [4.69, 9.17) is 0 Å². The van der Waals surface area contributed by atoms with E-state index in [0.29, 0.717) is 22.3 Å². The molecule has 192 valence electrons. The summed E-state index contributed by atoms with van der Waals surface area (Å²) in [4.78, 5) is 52.9. The topological polar surface area (TPSA) is 82.5 Å². The zero-order chi connectivity index (χ0) is 26.9. The highest BCUT2D eigenvalue weighted by atomic mass is 16.2. The quantitative estimate of drug-likeness (QED) is 0.265. The van der Waals surface area contributed by atoms with Crippen molar-refractivity contribution in [3.05, 3.63) is 131 Å². The molecule has 0 aliphatic carbocycles. The third kappa shape index (κ3) is 4.61. The van der Waals surface area contributed by atoms with Gasteiger partial charge >= 0.3 is 0 Å². The van der Waals surface area contributed by atoms with Gasteiger partial charge in [0.05, 0.1) is 22.3 Å². The van der Waals surface area contributed by atoms with Crippen molar-refractivity contribution in [1.29, 1.82) is 0 Å². The van der Waals surface area contributed by atoms with E-state index in [1.807, 2.05) is 58.2 Å². The van der Waals surface area contributed by atoms with Crippen molar-refractivity contribution in [2.75, 3.05) is 0 Å². The molecule has 0 bridgehead atoms. The van der Waals surface area contributed by atoms with E-state index in [-0.39, 0.29) is 37.0 Å². The standard InChI is InChI=1S/C31H26N4O4/c36-28-24-8-1-2-9-25(24)29(37)34(28)20-32-16-12-22(13-17-32)6-5-7-23-14-18-33(19-15-23)21-35-30(38)26-10-3-4-11-27(26)31(35)39/h1-4,8-19H,5-7,20-21H2/q+2. The van der Waals surface area contributed by atoms with Gasteiger partial charge in [-0.2, -0.15) is 9.13 Å². The molecule has 0 saturated heterocycles. The Morgan fingerprint density at radius 1 is 0.462 bits per heavy atom. The maximum atomic E-state index is 12.6. The minimum absolute atomic E-state index is 0.178. The Hall–Kier alpha value is -4.98. The van der Waals surface area contributed by atoms with E-state index in [1.54, 1.807) is 48.5 Å². The maximum absolute atomic E-state index is 12.6. The molecular formula is C31H26N4O4+2. The molecule has 2 aromatic carbocycles. The van der Waals surface area contributed by atoms with Crippen LogP contribution in [0.5, 0.6) is 0 Å². The number of amides is 4. The highest BCUT2D eigenvalue weighted by Gasteiger charge is 2.38. The summed E-state index contributed by atoms with van der Waals surface area (Å²) in [5.74, 6) is -1.06. The number of pyridine rings is 2. The molecule has 8 nitrogen and oxygen atoms in total. The van der Waals surface area contributed by atoms with Gasteiger partial charge in [0.25, 0.3) is 23.6 Å². The van der Waals surface area contributed by atoms with Crippen LogP contribution in [0.4, 0.5) is 0 Å². The average Bonchev–Trinajstić information content (AvgIpc) is 3.35. The number of hydrogen-bond donors (Lipinski definition) is 0. The Bertz CT molecular complexity index is 1420. The number of carbonyl (C=O) groups excluding carboxylic acids is 4. The highest BCUT2D eigenvalue weighted by Crippen LogP contribution is 2.23. The zero-order valence-corrected chi connectivity index (χ0v) is 21.2. The molecule has 4 amide bonds. The lowest BCUT2D eigenvalue weighted by molar-refractivity contribution is -0.709. The lowest BCUT2D eigenvalue weighted by Crippen LogP contribution is -2.45. The van der Waals surface area contributed by atoms with Gasteiger partial charge in [0.1, 0.15) is 0 Å². The Labute approximate surface area is 225 Å². The minimum Gasteiger partial charge on any atom is -0.268 e. The number of aromatic nitrogens is 2. The van der Waals surface area contributed by atoms with E-state index in [2.05, 4.69) is 0 Å². The second kappa shape index (κ2) is 10.1. The summed E-state index contributed by atoms with van der Waals surface area (Å²) < 4.78 is 3.66. The number of rotatable bonds is 8. The van der Waals surface area contributed by atoms with Crippen LogP contribution in [-0.4, -0.2) is 33.4 Å². The Kier molecular flexibility index (Phi) is 6.28. The number of benzene rings is 2. The minimum atomic E-state index is -0.264. The molecule has 0 atom stereocenters. The normalized spacial score (nSPS) is 14.3. The molecule has 0 fully saturated rings. The Balaban J connectivity index is 0.997. The molecule has 8 heteroatoms. The smallest absolute Gasteiger partial charge is 0.266 e. The lowest BCUT2D eigenvalue weighted by Gasteiger charge is -2.10. The number of fused-ring (bicyclic) bond motifs is 2. The third-order valence-corrected chi connectivity index (χ3v) is 7.22. The summed E-state index contributed by atoms with van der Waals surface area (Å²) in [7, 11) is 0. The first-order chi connectivity index (χ1) is 19.0. The number of nitrogens with zero attached hydrogens (tertiary/aromatic N) is 4. The first-order valence-electron chi connectivity index (χ1n) is 12.9. The molecule has 2 aromatic heterocycles. The van der Waals surface area contributed by atoms with Crippen LogP contribution < -0.4 is 9.13 Å². The number of imide groups is 2. The van der Waals surface area contributed by atoms with Crippen LogP contribution in [0.25, 0.3) is 0 Å². The largest absolute Gasteiger partial charge is 0.268 e. The third-order valence-electron chi connectivity index (χ3n) is 7.22. The van der Waals surface area contributed by atoms with Crippen molar-refractivity contribution in [2.45, 2.75) is 32.6 Å². The fraction of sp³-hybridized carbons (Fsp3) is 0.161. The summed E-state index contributed by atoms with van der Waals surface area (Å²) in [5, 5.41) is 0. The highest BCUT2D eigenvalue weighted by molar-refractivity contribution is 6.21. The molecule has 0 unspecified atom stereocenters. The molecule has 0 spiro atoms. The van der Waals surface area contributed by atoms with Gasteiger partial charge in [-0.05, 0) is 54.7 Å². The van der Waals surface area contributed by atoms with E-state index >= 15 is 0 Å². The Morgan fingerprint density at radius 2 is 0.769 bits per heavy atom. The van der Waals surface area contributed by atoms with Crippen molar-refractivity contribution in [1.82, 2.24) is 9.80 Å². The van der Waals surface area contributed by atoms with Gasteiger partial charge in [-0.3, -0.25) is 19.2 Å². The number of aryl methyl sites for hydroxylation is 2. The molecule has 0 saturated carbocycles. The van der Waals surface area contributed by atoms with Crippen molar-refractivity contribution >= 4 is 23.6 Å². The van der Waals surface area contributed by atoms with Crippen LogP contribution in [0.15, 0.2) is 97.6 Å². The molecule has 2 aliphatic heterocycles. The first kappa shape index (κ1) is 24.4. The van der Waals surface area contributed by atoms with Crippen molar-refractivity contribution in [2.24, 2.45) is 0 Å². The second-order valence-electron chi connectivity index (χ2n) is 9.75. The molecule has 2 aliphatic rings. The van der Waals surface area contributed by atoms with Gasteiger partial charge in [-0.25, -0.2) is 9.80 Å². The average molecular weight is 519 g/mol. The summed E-state index contributed by atoms with van der Waals surface area (Å²) >= 11 is 0. The molecular weight excluding hydrogens is 492 g/mol. The van der Waals surface area contributed by atoms with E-state index in [9.17, 15) is 19.2 Å².